The Labute approximate surface area is 149 Å². The van der Waals surface area contributed by atoms with Crippen molar-refractivity contribution in [2.45, 2.75) is 45.4 Å². The molecule has 2 rings (SSSR count). The van der Waals surface area contributed by atoms with Crippen LogP contribution in [0.3, 0.4) is 0 Å². The molecule has 2 aliphatic heterocycles. The molecule has 2 saturated heterocycles. The van der Waals surface area contributed by atoms with E-state index in [4.69, 9.17) is 0 Å². The average Bonchev–Trinajstić information content (AvgIpc) is 2.61. The molecule has 1 atom stereocenters. The first-order valence-electron chi connectivity index (χ1n) is 9.29. The van der Waals surface area contributed by atoms with E-state index in [1.807, 2.05) is 6.92 Å². The summed E-state index contributed by atoms with van der Waals surface area (Å²) < 4.78 is 0. The maximum Gasteiger partial charge on any atom is 0.319 e. The van der Waals surface area contributed by atoms with Gasteiger partial charge in [0, 0.05) is 46.2 Å². The summed E-state index contributed by atoms with van der Waals surface area (Å²) in [6.07, 6.45) is 4.12. The van der Waals surface area contributed by atoms with Crippen LogP contribution in [0.4, 0.5) is 4.79 Å². The summed E-state index contributed by atoms with van der Waals surface area (Å²) >= 11 is 0. The molecule has 0 saturated carbocycles. The topological polar surface area (TPSA) is 81.2 Å². The molecule has 2 aliphatic rings. The van der Waals surface area contributed by atoms with Crippen LogP contribution in [-0.2, 0) is 9.59 Å². The number of hydrogen-bond donors (Lipinski definition) is 1. The highest BCUT2D eigenvalue weighted by Gasteiger charge is 2.44. The van der Waals surface area contributed by atoms with Gasteiger partial charge in [-0.3, -0.25) is 9.59 Å². The minimum Gasteiger partial charge on any atom is -0.481 e. The van der Waals surface area contributed by atoms with Crippen LogP contribution in [0.2, 0.25) is 0 Å². The summed E-state index contributed by atoms with van der Waals surface area (Å²) in [4.78, 5) is 41.8. The van der Waals surface area contributed by atoms with Crippen LogP contribution in [0.1, 0.15) is 45.4 Å². The molecule has 0 aromatic heterocycles. The molecule has 0 aliphatic carbocycles. The van der Waals surface area contributed by atoms with Crippen LogP contribution >= 0.6 is 0 Å². The molecular weight excluding hydrogens is 322 g/mol. The van der Waals surface area contributed by atoms with Crippen LogP contribution in [0.25, 0.3) is 0 Å². The highest BCUT2D eigenvalue weighted by atomic mass is 16.4. The van der Waals surface area contributed by atoms with Crippen LogP contribution in [0.5, 0.6) is 0 Å². The van der Waals surface area contributed by atoms with Gasteiger partial charge in [-0.1, -0.05) is 13.3 Å². The molecule has 7 heteroatoms. The van der Waals surface area contributed by atoms with Gasteiger partial charge in [0.05, 0.1) is 5.41 Å². The zero-order valence-corrected chi connectivity index (χ0v) is 15.7. The molecule has 0 unspecified atom stereocenters. The number of likely N-dealkylation sites (tertiary alicyclic amines) is 2. The summed E-state index contributed by atoms with van der Waals surface area (Å²) in [5, 5.41) is 9.69. The Morgan fingerprint density at radius 1 is 1.12 bits per heavy atom. The number of carboxylic acids is 1. The zero-order chi connectivity index (χ0) is 18.6. The molecule has 0 spiro atoms. The summed E-state index contributed by atoms with van der Waals surface area (Å²) in [6, 6.07) is -0.0169. The Bertz CT molecular complexity index is 510. The van der Waals surface area contributed by atoms with Gasteiger partial charge in [-0.15, -0.1) is 0 Å². The van der Waals surface area contributed by atoms with Crippen molar-refractivity contribution in [3.05, 3.63) is 0 Å². The number of hydrogen-bond acceptors (Lipinski definition) is 3. The summed E-state index contributed by atoms with van der Waals surface area (Å²) in [5.74, 6) is -0.811. The predicted octanol–water partition coefficient (Wildman–Crippen LogP) is 1.87. The minimum atomic E-state index is -0.787. The SMILES string of the molecule is CCC[C@]1(C(=O)O)CCCN(C(=O)C2CCN(C(=O)N(C)C)CC2)C1. The van der Waals surface area contributed by atoms with Gasteiger partial charge in [-0.2, -0.15) is 0 Å². The number of rotatable bonds is 4. The van der Waals surface area contributed by atoms with Crippen molar-refractivity contribution in [1.82, 2.24) is 14.7 Å². The number of piperidine rings is 2. The van der Waals surface area contributed by atoms with Gasteiger partial charge in [-0.25, -0.2) is 4.79 Å². The number of amides is 3. The summed E-state index contributed by atoms with van der Waals surface area (Å²) in [5.41, 5.74) is -0.787. The van der Waals surface area contributed by atoms with Gasteiger partial charge in [0.1, 0.15) is 0 Å². The number of carbonyl (C=O) groups is 3. The maximum absolute atomic E-state index is 12.9. The highest BCUT2D eigenvalue weighted by molar-refractivity contribution is 5.82. The molecule has 142 valence electrons. The predicted molar refractivity (Wildman–Crippen MR) is 94.2 cm³/mol. The standard InChI is InChI=1S/C18H31N3O4/c1-4-8-18(16(23)24)9-5-10-21(13-18)15(22)14-6-11-20(12-7-14)17(25)19(2)3/h14H,4-13H2,1-3H3,(H,23,24)/t18-/m0/s1. The molecule has 25 heavy (non-hydrogen) atoms. The van der Waals surface area contributed by atoms with Crippen LogP contribution in [-0.4, -0.2) is 78.0 Å². The molecule has 0 bridgehead atoms. The first-order valence-corrected chi connectivity index (χ1v) is 9.29. The van der Waals surface area contributed by atoms with E-state index in [9.17, 15) is 19.5 Å². The van der Waals surface area contributed by atoms with Crippen LogP contribution < -0.4 is 0 Å². The Morgan fingerprint density at radius 3 is 2.28 bits per heavy atom. The van der Waals surface area contributed by atoms with Gasteiger partial charge >= 0.3 is 12.0 Å². The zero-order valence-electron chi connectivity index (χ0n) is 15.7. The Hall–Kier alpha value is -1.79. The second-order valence-electron chi connectivity index (χ2n) is 7.64. The summed E-state index contributed by atoms with van der Waals surface area (Å²) in [6.45, 7) is 4.13. The number of aliphatic carboxylic acids is 1. The van der Waals surface area contributed by atoms with Gasteiger partial charge in [0.25, 0.3) is 0 Å². The lowest BCUT2D eigenvalue weighted by Crippen LogP contribution is -2.53. The van der Waals surface area contributed by atoms with E-state index >= 15 is 0 Å². The van der Waals surface area contributed by atoms with E-state index < -0.39 is 11.4 Å². The molecule has 2 heterocycles. The van der Waals surface area contributed by atoms with Crippen molar-refractivity contribution in [3.8, 4) is 0 Å². The molecule has 1 N–H and O–H groups in total. The van der Waals surface area contributed by atoms with E-state index in [0.717, 1.165) is 12.8 Å². The lowest BCUT2D eigenvalue weighted by atomic mass is 9.76. The first kappa shape index (κ1) is 19.5. The number of nitrogens with zero attached hydrogens (tertiary/aromatic N) is 3. The molecule has 0 aromatic carbocycles. The number of urea groups is 1. The van der Waals surface area contributed by atoms with Gasteiger partial charge < -0.3 is 19.8 Å². The van der Waals surface area contributed by atoms with Crippen molar-refractivity contribution in [1.29, 1.82) is 0 Å². The average molecular weight is 353 g/mol. The van der Waals surface area contributed by atoms with Gasteiger partial charge in [0.2, 0.25) is 5.91 Å². The molecular formula is C18H31N3O4. The molecule has 0 aromatic rings. The molecule has 3 amide bonds. The smallest absolute Gasteiger partial charge is 0.319 e. The van der Waals surface area contributed by atoms with Crippen LogP contribution in [0, 0.1) is 11.3 Å². The third-order valence-corrected chi connectivity index (χ3v) is 5.57. The van der Waals surface area contributed by atoms with E-state index in [1.165, 1.54) is 0 Å². The van der Waals surface area contributed by atoms with Crippen molar-refractivity contribution in [3.63, 3.8) is 0 Å². The third-order valence-electron chi connectivity index (χ3n) is 5.57. The van der Waals surface area contributed by atoms with E-state index in [2.05, 4.69) is 0 Å². The lowest BCUT2D eigenvalue weighted by molar-refractivity contribution is -0.156. The normalized spacial score (nSPS) is 24.9. The molecule has 7 nitrogen and oxygen atoms in total. The minimum absolute atomic E-state index is 0.0169. The summed E-state index contributed by atoms with van der Waals surface area (Å²) in [7, 11) is 3.46. The van der Waals surface area contributed by atoms with E-state index in [0.29, 0.717) is 51.9 Å². The number of carbonyl (C=O) groups excluding carboxylic acids is 2. The second-order valence-corrected chi connectivity index (χ2v) is 7.64. The highest BCUT2D eigenvalue weighted by Crippen LogP contribution is 2.36. The van der Waals surface area contributed by atoms with E-state index in [1.54, 1.807) is 28.8 Å². The molecule has 0 radical (unpaired) electrons. The van der Waals surface area contributed by atoms with Gasteiger partial charge in [-0.05, 0) is 32.1 Å². The van der Waals surface area contributed by atoms with Crippen LogP contribution in [0.15, 0.2) is 0 Å². The van der Waals surface area contributed by atoms with Crippen molar-refractivity contribution in [2.24, 2.45) is 11.3 Å². The fraction of sp³-hybridized carbons (Fsp3) is 0.833. The second kappa shape index (κ2) is 8.06. The fourth-order valence-corrected chi connectivity index (χ4v) is 4.14. The Balaban J connectivity index is 1.97. The largest absolute Gasteiger partial charge is 0.481 e. The fourth-order valence-electron chi connectivity index (χ4n) is 4.14. The number of carboxylic acid groups (broad SMARTS) is 1. The monoisotopic (exact) mass is 353 g/mol. The van der Waals surface area contributed by atoms with Gasteiger partial charge in [0.15, 0.2) is 0 Å². The van der Waals surface area contributed by atoms with Crippen molar-refractivity contribution in [2.75, 3.05) is 40.3 Å². The lowest BCUT2D eigenvalue weighted by Gasteiger charge is -2.42. The quantitative estimate of drug-likeness (QED) is 0.837. The van der Waals surface area contributed by atoms with Crippen molar-refractivity contribution >= 4 is 17.9 Å². The Morgan fingerprint density at radius 2 is 1.76 bits per heavy atom. The van der Waals surface area contributed by atoms with Crippen molar-refractivity contribution < 1.29 is 19.5 Å². The first-order chi connectivity index (χ1) is 11.8. The molecule has 2 fully saturated rings. The maximum atomic E-state index is 12.9. The third kappa shape index (κ3) is 4.25. The Kier molecular flexibility index (Phi) is 6.30. The van der Waals surface area contributed by atoms with E-state index in [-0.39, 0.29) is 17.9 Å².